The minimum absolute atomic E-state index is 0.0139. The molecule has 0 bridgehead atoms. The second-order valence-electron chi connectivity index (χ2n) is 4.59. The molecule has 0 aliphatic heterocycles. The average molecular weight is 269 g/mol. The molecule has 2 rings (SSSR count). The maximum Gasteiger partial charge on any atom is 0.336 e. The summed E-state index contributed by atoms with van der Waals surface area (Å²) in [5.74, 6) is -0.932. The van der Waals surface area contributed by atoms with Gasteiger partial charge in [0.15, 0.2) is 5.78 Å². The number of carbonyl (C=O) groups excluding carboxylic acids is 1. The van der Waals surface area contributed by atoms with E-state index in [1.54, 1.807) is 43.3 Å². The quantitative estimate of drug-likeness (QED) is 0.832. The number of aryl methyl sites for hydroxylation is 1. The van der Waals surface area contributed by atoms with Crippen molar-refractivity contribution < 1.29 is 14.7 Å². The van der Waals surface area contributed by atoms with Gasteiger partial charge in [-0.2, -0.15) is 0 Å². The maximum absolute atomic E-state index is 11.2. The van der Waals surface area contributed by atoms with Crippen LogP contribution in [0.15, 0.2) is 42.5 Å². The van der Waals surface area contributed by atoms with Crippen LogP contribution in [0.2, 0.25) is 0 Å². The molecule has 102 valence electrons. The van der Waals surface area contributed by atoms with Crippen LogP contribution < -0.4 is 5.32 Å². The van der Waals surface area contributed by atoms with Crippen LogP contribution in [0.25, 0.3) is 0 Å². The topological polar surface area (TPSA) is 66.4 Å². The molecular formula is C16H15NO3. The van der Waals surface area contributed by atoms with E-state index in [2.05, 4.69) is 5.32 Å². The van der Waals surface area contributed by atoms with Crippen LogP contribution in [0.4, 0.5) is 11.4 Å². The highest BCUT2D eigenvalue weighted by atomic mass is 16.4. The molecule has 2 N–H and O–H groups in total. The second-order valence-corrected chi connectivity index (χ2v) is 4.59. The number of hydrogen-bond acceptors (Lipinski definition) is 3. The number of benzene rings is 2. The number of anilines is 2. The number of Topliss-reactive ketones (excluding diaryl/α,β-unsaturated/α-hetero) is 1. The molecule has 0 unspecified atom stereocenters. The van der Waals surface area contributed by atoms with Crippen molar-refractivity contribution >= 4 is 23.1 Å². The first-order valence-corrected chi connectivity index (χ1v) is 6.19. The third-order valence-corrected chi connectivity index (χ3v) is 3.05. The van der Waals surface area contributed by atoms with Crippen molar-refractivity contribution in [3.8, 4) is 0 Å². The summed E-state index contributed by atoms with van der Waals surface area (Å²) in [6, 6.07) is 12.2. The molecule has 0 aliphatic carbocycles. The van der Waals surface area contributed by atoms with E-state index < -0.39 is 5.97 Å². The lowest BCUT2D eigenvalue weighted by atomic mass is 10.1. The molecule has 0 heterocycles. The molecule has 0 amide bonds. The molecule has 2 aromatic rings. The van der Waals surface area contributed by atoms with E-state index in [0.717, 1.165) is 11.3 Å². The Labute approximate surface area is 117 Å². The van der Waals surface area contributed by atoms with Gasteiger partial charge in [0.1, 0.15) is 0 Å². The van der Waals surface area contributed by atoms with Gasteiger partial charge in [0.05, 0.1) is 5.56 Å². The fraction of sp³-hybridized carbons (Fsp3) is 0.125. The van der Waals surface area contributed by atoms with Crippen molar-refractivity contribution in [2.24, 2.45) is 0 Å². The van der Waals surface area contributed by atoms with Crippen LogP contribution in [-0.2, 0) is 0 Å². The van der Waals surface area contributed by atoms with Crippen molar-refractivity contribution in [3.05, 3.63) is 59.2 Å². The molecule has 0 saturated carbocycles. The number of carboxylic acid groups (broad SMARTS) is 1. The normalized spacial score (nSPS) is 10.1. The van der Waals surface area contributed by atoms with E-state index in [9.17, 15) is 9.59 Å². The number of nitrogens with one attached hydrogen (secondary N) is 1. The highest BCUT2D eigenvalue weighted by molar-refractivity contribution is 5.94. The van der Waals surface area contributed by atoms with Gasteiger partial charge in [-0.15, -0.1) is 0 Å². The SMILES string of the molecule is CC(=O)c1ccc(Nc2ccc(C)c(C(=O)O)c2)cc1. The maximum atomic E-state index is 11.2. The predicted octanol–water partition coefficient (Wildman–Crippen LogP) is 3.64. The molecule has 0 spiro atoms. The fourth-order valence-corrected chi connectivity index (χ4v) is 1.89. The third kappa shape index (κ3) is 3.03. The Kier molecular flexibility index (Phi) is 3.84. The summed E-state index contributed by atoms with van der Waals surface area (Å²) in [7, 11) is 0. The largest absolute Gasteiger partial charge is 0.478 e. The summed E-state index contributed by atoms with van der Waals surface area (Å²) in [4.78, 5) is 22.3. The van der Waals surface area contributed by atoms with Gasteiger partial charge in [0, 0.05) is 16.9 Å². The van der Waals surface area contributed by atoms with Crippen LogP contribution in [0.1, 0.15) is 33.2 Å². The van der Waals surface area contributed by atoms with Crippen molar-refractivity contribution in [2.45, 2.75) is 13.8 Å². The minimum atomic E-state index is -0.946. The molecule has 4 nitrogen and oxygen atoms in total. The number of carboxylic acids is 1. The van der Waals surface area contributed by atoms with Crippen LogP contribution in [0, 0.1) is 6.92 Å². The summed E-state index contributed by atoms with van der Waals surface area (Å²) in [5, 5.41) is 12.2. The van der Waals surface area contributed by atoms with Gasteiger partial charge in [-0.3, -0.25) is 4.79 Å². The smallest absolute Gasteiger partial charge is 0.336 e. The molecular weight excluding hydrogens is 254 g/mol. The van der Waals surface area contributed by atoms with Crippen LogP contribution in [-0.4, -0.2) is 16.9 Å². The lowest BCUT2D eigenvalue weighted by Gasteiger charge is -2.09. The Bertz CT molecular complexity index is 660. The van der Waals surface area contributed by atoms with Crippen molar-refractivity contribution in [1.29, 1.82) is 0 Å². The standard InChI is InChI=1S/C16H15NO3/c1-10-3-6-14(9-15(10)16(19)20)17-13-7-4-12(5-8-13)11(2)18/h3-9,17H,1-2H3,(H,19,20). The first-order chi connectivity index (χ1) is 9.47. The van der Waals surface area contributed by atoms with Gasteiger partial charge >= 0.3 is 5.97 Å². The number of ketones is 1. The van der Waals surface area contributed by atoms with E-state index in [1.807, 2.05) is 6.07 Å². The van der Waals surface area contributed by atoms with E-state index >= 15 is 0 Å². The Morgan fingerprint density at radius 2 is 1.60 bits per heavy atom. The Morgan fingerprint density at radius 1 is 1.00 bits per heavy atom. The zero-order valence-electron chi connectivity index (χ0n) is 11.3. The molecule has 4 heteroatoms. The highest BCUT2D eigenvalue weighted by Crippen LogP contribution is 2.20. The summed E-state index contributed by atoms with van der Waals surface area (Å²) in [5.41, 5.74) is 3.13. The average Bonchev–Trinajstić information content (AvgIpc) is 2.41. The summed E-state index contributed by atoms with van der Waals surface area (Å²) < 4.78 is 0. The van der Waals surface area contributed by atoms with Gasteiger partial charge in [0.25, 0.3) is 0 Å². The van der Waals surface area contributed by atoms with E-state index in [4.69, 9.17) is 5.11 Å². The van der Waals surface area contributed by atoms with Crippen molar-refractivity contribution in [2.75, 3.05) is 5.32 Å². The molecule has 2 aromatic carbocycles. The third-order valence-electron chi connectivity index (χ3n) is 3.05. The number of hydrogen-bond donors (Lipinski definition) is 2. The second kappa shape index (κ2) is 5.57. The molecule has 0 saturated heterocycles. The minimum Gasteiger partial charge on any atom is -0.478 e. The molecule has 0 aromatic heterocycles. The molecule has 20 heavy (non-hydrogen) atoms. The Hall–Kier alpha value is -2.62. The summed E-state index contributed by atoms with van der Waals surface area (Å²) >= 11 is 0. The first-order valence-electron chi connectivity index (χ1n) is 6.19. The van der Waals surface area contributed by atoms with E-state index in [1.165, 1.54) is 6.92 Å². The number of rotatable bonds is 4. The molecule has 0 radical (unpaired) electrons. The van der Waals surface area contributed by atoms with Crippen LogP contribution in [0.3, 0.4) is 0 Å². The Balaban J connectivity index is 2.23. The summed E-state index contributed by atoms with van der Waals surface area (Å²) in [6.45, 7) is 3.27. The molecule has 0 aliphatic rings. The first kappa shape index (κ1) is 13.8. The van der Waals surface area contributed by atoms with Gasteiger partial charge in [-0.1, -0.05) is 6.07 Å². The molecule has 0 fully saturated rings. The lowest BCUT2D eigenvalue weighted by Crippen LogP contribution is -2.01. The van der Waals surface area contributed by atoms with Gasteiger partial charge in [-0.25, -0.2) is 4.79 Å². The van der Waals surface area contributed by atoms with Crippen LogP contribution >= 0.6 is 0 Å². The van der Waals surface area contributed by atoms with E-state index in [-0.39, 0.29) is 11.3 Å². The van der Waals surface area contributed by atoms with E-state index in [0.29, 0.717) is 11.3 Å². The highest BCUT2D eigenvalue weighted by Gasteiger charge is 2.08. The van der Waals surface area contributed by atoms with Crippen molar-refractivity contribution in [1.82, 2.24) is 0 Å². The van der Waals surface area contributed by atoms with Crippen molar-refractivity contribution in [3.63, 3.8) is 0 Å². The Morgan fingerprint density at radius 3 is 2.15 bits per heavy atom. The van der Waals surface area contributed by atoms with Gasteiger partial charge in [-0.05, 0) is 55.8 Å². The van der Waals surface area contributed by atoms with Gasteiger partial charge in [0.2, 0.25) is 0 Å². The van der Waals surface area contributed by atoms with Crippen LogP contribution in [0.5, 0.6) is 0 Å². The zero-order chi connectivity index (χ0) is 14.7. The number of carbonyl (C=O) groups is 2. The zero-order valence-corrected chi connectivity index (χ0v) is 11.3. The summed E-state index contributed by atoms with van der Waals surface area (Å²) in [6.07, 6.45) is 0. The molecule has 0 atom stereocenters. The number of aromatic carboxylic acids is 1. The monoisotopic (exact) mass is 269 g/mol. The predicted molar refractivity (Wildman–Crippen MR) is 77.9 cm³/mol. The lowest BCUT2D eigenvalue weighted by molar-refractivity contribution is 0.0696. The fourth-order valence-electron chi connectivity index (χ4n) is 1.89. The van der Waals surface area contributed by atoms with Gasteiger partial charge < -0.3 is 10.4 Å².